The third-order valence-corrected chi connectivity index (χ3v) is 4.99. The summed E-state index contributed by atoms with van der Waals surface area (Å²) >= 11 is 0. The second-order valence-electron chi connectivity index (χ2n) is 7.07. The Morgan fingerprint density at radius 3 is 2.65 bits per heavy atom. The molecule has 0 aliphatic rings. The van der Waals surface area contributed by atoms with Crippen LogP contribution in [0.2, 0.25) is 0 Å². The van der Waals surface area contributed by atoms with Crippen molar-refractivity contribution in [1.82, 2.24) is 29.3 Å². The second-order valence-corrected chi connectivity index (χ2v) is 7.07. The van der Waals surface area contributed by atoms with E-state index in [1.165, 1.54) is 6.20 Å². The number of nitrogens with zero attached hydrogens (tertiary/aromatic N) is 6. The summed E-state index contributed by atoms with van der Waals surface area (Å²) in [4.78, 5) is 17.1. The highest BCUT2D eigenvalue weighted by Gasteiger charge is 2.30. The van der Waals surface area contributed by atoms with Gasteiger partial charge in [0.1, 0.15) is 5.82 Å². The van der Waals surface area contributed by atoms with Crippen molar-refractivity contribution in [1.29, 1.82) is 0 Å². The molecule has 0 amide bonds. The maximum Gasteiger partial charge on any atom is 0.416 e. The van der Waals surface area contributed by atoms with Crippen molar-refractivity contribution in [2.24, 2.45) is 7.05 Å². The fraction of sp³-hybridized carbons (Fsp3) is 0.143. The van der Waals surface area contributed by atoms with E-state index in [1.54, 1.807) is 6.20 Å². The Balaban J connectivity index is 1.43. The molecule has 5 rings (SSSR count). The predicted octanol–water partition coefficient (Wildman–Crippen LogP) is 4.52. The molecule has 10 heteroatoms. The van der Waals surface area contributed by atoms with Gasteiger partial charge >= 0.3 is 6.18 Å². The van der Waals surface area contributed by atoms with Gasteiger partial charge in [-0.25, -0.2) is 15.0 Å². The Kier molecular flexibility index (Phi) is 4.35. The molecule has 1 N–H and O–H groups in total. The van der Waals surface area contributed by atoms with Crippen LogP contribution >= 0.6 is 0 Å². The molecule has 0 aliphatic carbocycles. The third kappa shape index (κ3) is 3.56. The first-order chi connectivity index (χ1) is 14.9. The summed E-state index contributed by atoms with van der Waals surface area (Å²) in [7, 11) is 1.88. The van der Waals surface area contributed by atoms with Gasteiger partial charge in [0.2, 0.25) is 0 Å². The molecule has 31 heavy (non-hydrogen) atoms. The number of benzene rings is 1. The van der Waals surface area contributed by atoms with E-state index in [1.807, 2.05) is 40.7 Å². The lowest BCUT2D eigenvalue weighted by molar-refractivity contribution is -0.137. The smallest absolute Gasteiger partial charge is 0.324 e. The molecule has 0 atom stereocenters. The van der Waals surface area contributed by atoms with Gasteiger partial charge in [-0.15, -0.1) is 0 Å². The minimum absolute atomic E-state index is 0.0466. The van der Waals surface area contributed by atoms with Crippen molar-refractivity contribution in [3.05, 3.63) is 72.2 Å². The lowest BCUT2D eigenvalue weighted by atomic mass is 10.1. The van der Waals surface area contributed by atoms with Crippen LogP contribution in [0, 0.1) is 0 Å². The molecule has 1 aromatic carbocycles. The molecule has 4 aromatic heterocycles. The van der Waals surface area contributed by atoms with Gasteiger partial charge in [-0.3, -0.25) is 14.3 Å². The van der Waals surface area contributed by atoms with Gasteiger partial charge in [0.15, 0.2) is 17.1 Å². The van der Waals surface area contributed by atoms with Gasteiger partial charge in [0.05, 0.1) is 23.8 Å². The van der Waals surface area contributed by atoms with Gasteiger partial charge < -0.3 is 5.32 Å². The van der Waals surface area contributed by atoms with Crippen LogP contribution in [0.5, 0.6) is 0 Å². The van der Waals surface area contributed by atoms with E-state index in [0.29, 0.717) is 23.7 Å². The van der Waals surface area contributed by atoms with E-state index in [2.05, 4.69) is 31.3 Å². The SMILES string of the molecule is Cn1c2ncc(Nc3cc(C(F)(F)F)ccn3)nc2n1Cc1ccc2ncccc2c1. The number of rotatable bonds is 4. The number of hydrogen-bond acceptors (Lipinski definition) is 5. The van der Waals surface area contributed by atoms with Gasteiger partial charge in [-0.1, -0.05) is 12.1 Å². The molecule has 0 bridgehead atoms. The minimum Gasteiger partial charge on any atom is -0.324 e. The van der Waals surface area contributed by atoms with Crippen molar-refractivity contribution in [3.8, 4) is 0 Å². The number of hydrogen-bond donors (Lipinski definition) is 1. The van der Waals surface area contributed by atoms with Crippen molar-refractivity contribution >= 4 is 33.8 Å². The van der Waals surface area contributed by atoms with Crippen molar-refractivity contribution in [2.45, 2.75) is 12.7 Å². The highest BCUT2D eigenvalue weighted by molar-refractivity contribution is 5.79. The summed E-state index contributed by atoms with van der Waals surface area (Å²) in [5.41, 5.74) is 2.52. The monoisotopic (exact) mass is 423 g/mol. The molecule has 7 nitrogen and oxygen atoms in total. The predicted molar refractivity (Wildman–Crippen MR) is 110 cm³/mol. The minimum atomic E-state index is -4.44. The summed E-state index contributed by atoms with van der Waals surface area (Å²) in [6, 6.07) is 11.8. The normalized spacial score (nSPS) is 12.0. The molecule has 0 fully saturated rings. The summed E-state index contributed by atoms with van der Waals surface area (Å²) < 4.78 is 42.6. The number of halogens is 3. The fourth-order valence-corrected chi connectivity index (χ4v) is 3.43. The van der Waals surface area contributed by atoms with Gasteiger partial charge in [0.25, 0.3) is 0 Å². The van der Waals surface area contributed by atoms with Crippen LogP contribution in [-0.4, -0.2) is 29.3 Å². The number of aromatic nitrogens is 6. The first kappa shape index (κ1) is 19.0. The number of aryl methyl sites for hydroxylation is 1. The summed E-state index contributed by atoms with van der Waals surface area (Å²) in [5, 5.41) is 3.85. The van der Waals surface area contributed by atoms with E-state index in [9.17, 15) is 13.2 Å². The summed E-state index contributed by atoms with van der Waals surface area (Å²) in [5.74, 6) is 0.358. The Hall–Kier alpha value is -3.95. The van der Waals surface area contributed by atoms with Crippen LogP contribution in [0.1, 0.15) is 11.1 Å². The molecule has 0 unspecified atom stereocenters. The van der Waals surface area contributed by atoms with Crippen molar-refractivity contribution < 1.29 is 13.2 Å². The van der Waals surface area contributed by atoms with E-state index in [4.69, 9.17) is 0 Å². The lowest BCUT2D eigenvalue weighted by Gasteiger charge is -2.22. The fourth-order valence-electron chi connectivity index (χ4n) is 3.43. The number of anilines is 2. The van der Waals surface area contributed by atoms with Crippen molar-refractivity contribution in [2.75, 3.05) is 5.32 Å². The van der Waals surface area contributed by atoms with E-state index < -0.39 is 11.7 Å². The standard InChI is InChI=1S/C21H16F3N7/c1-30-19-20(31(30)12-13-4-5-16-14(9-13)3-2-7-25-16)29-18(11-27-19)28-17-10-15(6-8-26-17)21(22,23)24/h2-11H,12H2,1H3,(H,26,28,29). The maximum absolute atomic E-state index is 12.9. The molecule has 0 spiro atoms. The van der Waals surface area contributed by atoms with Crippen molar-refractivity contribution in [3.63, 3.8) is 0 Å². The molecule has 0 aliphatic heterocycles. The largest absolute Gasteiger partial charge is 0.416 e. The van der Waals surface area contributed by atoms with Crippen LogP contribution in [0.3, 0.4) is 0 Å². The highest BCUT2D eigenvalue weighted by atomic mass is 19.4. The van der Waals surface area contributed by atoms with Crippen LogP contribution in [-0.2, 0) is 19.8 Å². The Bertz CT molecular complexity index is 1400. The van der Waals surface area contributed by atoms with Crippen LogP contribution in [0.15, 0.2) is 61.1 Å². The molecule has 0 radical (unpaired) electrons. The summed E-state index contributed by atoms with van der Waals surface area (Å²) in [6.45, 7) is 0.564. The average Bonchev–Trinajstić information content (AvgIpc) is 2.77. The van der Waals surface area contributed by atoms with Gasteiger partial charge in [-0.2, -0.15) is 13.2 Å². The lowest BCUT2D eigenvalue weighted by Crippen LogP contribution is -2.23. The zero-order chi connectivity index (χ0) is 21.6. The quantitative estimate of drug-likeness (QED) is 0.460. The van der Waals surface area contributed by atoms with Crippen LogP contribution in [0.25, 0.3) is 22.2 Å². The van der Waals surface area contributed by atoms with E-state index in [0.717, 1.165) is 34.8 Å². The first-order valence-electron chi connectivity index (χ1n) is 9.41. The van der Waals surface area contributed by atoms with Crippen LogP contribution in [0.4, 0.5) is 24.8 Å². The maximum atomic E-state index is 12.9. The summed E-state index contributed by atoms with van der Waals surface area (Å²) in [6.07, 6.45) is -0.115. The molecule has 4 heterocycles. The Morgan fingerprint density at radius 2 is 1.81 bits per heavy atom. The average molecular weight is 423 g/mol. The number of alkyl halides is 3. The molecule has 0 saturated carbocycles. The molecule has 156 valence electrons. The molecular weight excluding hydrogens is 407 g/mol. The van der Waals surface area contributed by atoms with Crippen LogP contribution < -0.4 is 5.32 Å². The number of nitrogens with one attached hydrogen (secondary N) is 1. The topological polar surface area (TPSA) is 73.5 Å². The molecule has 5 aromatic rings. The molecule has 0 saturated heterocycles. The van der Waals surface area contributed by atoms with E-state index in [-0.39, 0.29) is 5.82 Å². The number of pyridine rings is 2. The first-order valence-corrected chi connectivity index (χ1v) is 9.41. The zero-order valence-corrected chi connectivity index (χ0v) is 16.3. The Morgan fingerprint density at radius 1 is 0.935 bits per heavy atom. The second kappa shape index (κ2) is 7.08. The number of fused-ring (bicyclic) bond motifs is 2. The highest BCUT2D eigenvalue weighted by Crippen LogP contribution is 2.30. The molecular formula is C21H16F3N7. The Labute approximate surface area is 174 Å². The van der Waals surface area contributed by atoms with Gasteiger partial charge in [0, 0.05) is 24.8 Å². The zero-order valence-electron chi connectivity index (χ0n) is 16.3. The third-order valence-electron chi connectivity index (χ3n) is 4.99. The van der Waals surface area contributed by atoms with E-state index >= 15 is 0 Å². The van der Waals surface area contributed by atoms with Gasteiger partial charge in [-0.05, 0) is 35.9 Å².